The fourth-order valence-corrected chi connectivity index (χ4v) is 2.91. The smallest absolute Gasteiger partial charge is 0.0318 e. The van der Waals surface area contributed by atoms with Crippen molar-refractivity contribution in [3.05, 3.63) is 30.1 Å². The van der Waals surface area contributed by atoms with Gasteiger partial charge in [0.05, 0.1) is 0 Å². The zero-order chi connectivity index (χ0) is 15.2. The van der Waals surface area contributed by atoms with Crippen LogP contribution in [0.5, 0.6) is 0 Å². The maximum absolute atomic E-state index is 4.09. The Balaban J connectivity index is 1.98. The predicted molar refractivity (Wildman–Crippen MR) is 92.5 cm³/mol. The summed E-state index contributed by atoms with van der Waals surface area (Å²) >= 11 is 0. The molecular weight excluding hydrogens is 256 g/mol. The number of aromatic nitrogens is 1. The molecule has 1 atom stereocenters. The molecule has 0 aliphatic heterocycles. The molecule has 0 aliphatic carbocycles. The third kappa shape index (κ3) is 8.87. The van der Waals surface area contributed by atoms with Crippen molar-refractivity contribution in [2.75, 3.05) is 7.05 Å². The summed E-state index contributed by atoms with van der Waals surface area (Å²) < 4.78 is 0. The minimum atomic E-state index is 0.488. The molecule has 120 valence electrons. The van der Waals surface area contributed by atoms with Crippen molar-refractivity contribution in [2.45, 2.75) is 83.6 Å². The normalized spacial score (nSPS) is 12.5. The van der Waals surface area contributed by atoms with E-state index in [-0.39, 0.29) is 0 Å². The number of hydrogen-bond donors (Lipinski definition) is 1. The highest BCUT2D eigenvalue weighted by Gasteiger charge is 2.07. The third-order valence-electron chi connectivity index (χ3n) is 4.30. The number of hydrogen-bond acceptors (Lipinski definition) is 2. The SMILES string of the molecule is CCCCCCCCCCCCC(NC)c1ccncc1. The molecule has 0 saturated carbocycles. The summed E-state index contributed by atoms with van der Waals surface area (Å²) in [4.78, 5) is 4.09. The van der Waals surface area contributed by atoms with Gasteiger partial charge in [0.25, 0.3) is 0 Å². The maximum atomic E-state index is 4.09. The molecule has 0 aliphatic rings. The summed E-state index contributed by atoms with van der Waals surface area (Å²) in [6.07, 6.45) is 19.1. The fourth-order valence-electron chi connectivity index (χ4n) is 2.91. The van der Waals surface area contributed by atoms with Crippen LogP contribution in [0.3, 0.4) is 0 Å². The number of nitrogens with zero attached hydrogens (tertiary/aromatic N) is 1. The van der Waals surface area contributed by atoms with Gasteiger partial charge in [0.1, 0.15) is 0 Å². The molecule has 21 heavy (non-hydrogen) atoms. The van der Waals surface area contributed by atoms with Crippen molar-refractivity contribution in [1.29, 1.82) is 0 Å². The Kier molecular flexibility index (Phi) is 11.1. The van der Waals surface area contributed by atoms with E-state index < -0.39 is 0 Å². The van der Waals surface area contributed by atoms with Gasteiger partial charge in [-0.25, -0.2) is 0 Å². The molecule has 0 radical (unpaired) electrons. The van der Waals surface area contributed by atoms with Gasteiger partial charge in [-0.2, -0.15) is 0 Å². The molecule has 1 rings (SSSR count). The molecule has 2 nitrogen and oxygen atoms in total. The van der Waals surface area contributed by atoms with Gasteiger partial charge in [-0.15, -0.1) is 0 Å². The first kappa shape index (κ1) is 18.2. The van der Waals surface area contributed by atoms with E-state index in [2.05, 4.69) is 36.4 Å². The Morgan fingerprint density at radius 1 is 0.857 bits per heavy atom. The average molecular weight is 290 g/mol. The first-order valence-electron chi connectivity index (χ1n) is 8.95. The van der Waals surface area contributed by atoms with Crippen molar-refractivity contribution in [3.8, 4) is 0 Å². The minimum absolute atomic E-state index is 0.488. The summed E-state index contributed by atoms with van der Waals surface area (Å²) in [6, 6.07) is 4.73. The standard InChI is InChI=1S/C19H34N2/c1-3-4-5-6-7-8-9-10-11-12-13-19(20-2)18-14-16-21-17-15-18/h14-17,19-20H,3-13H2,1-2H3. The topological polar surface area (TPSA) is 24.9 Å². The Labute approximate surface area is 131 Å². The Bertz CT molecular complexity index is 324. The van der Waals surface area contributed by atoms with Crippen molar-refractivity contribution >= 4 is 0 Å². The molecule has 0 spiro atoms. The third-order valence-corrected chi connectivity index (χ3v) is 4.30. The van der Waals surface area contributed by atoms with Gasteiger partial charge in [-0.1, -0.05) is 71.1 Å². The van der Waals surface area contributed by atoms with Crippen molar-refractivity contribution < 1.29 is 0 Å². The largest absolute Gasteiger partial charge is 0.313 e. The monoisotopic (exact) mass is 290 g/mol. The quantitative estimate of drug-likeness (QED) is 0.475. The number of unbranched alkanes of at least 4 members (excludes halogenated alkanes) is 9. The number of nitrogens with one attached hydrogen (secondary N) is 1. The van der Waals surface area contributed by atoms with Crippen molar-refractivity contribution in [2.24, 2.45) is 0 Å². The zero-order valence-corrected chi connectivity index (χ0v) is 14.1. The van der Waals surface area contributed by atoms with E-state index in [4.69, 9.17) is 0 Å². The van der Waals surface area contributed by atoms with Crippen LogP contribution in [0.2, 0.25) is 0 Å². The molecular formula is C19H34N2. The van der Waals surface area contributed by atoms with E-state index in [1.54, 1.807) is 0 Å². The molecule has 0 amide bonds. The van der Waals surface area contributed by atoms with Gasteiger partial charge in [0.2, 0.25) is 0 Å². The predicted octanol–water partition coefficient (Wildman–Crippen LogP) is 5.65. The average Bonchev–Trinajstić information content (AvgIpc) is 2.54. The van der Waals surface area contributed by atoms with E-state index in [9.17, 15) is 0 Å². The lowest BCUT2D eigenvalue weighted by Gasteiger charge is -2.16. The molecule has 1 N–H and O–H groups in total. The van der Waals surface area contributed by atoms with Crippen LogP contribution in [0.4, 0.5) is 0 Å². The van der Waals surface area contributed by atoms with E-state index in [0.717, 1.165) is 0 Å². The molecule has 0 aromatic carbocycles. The second kappa shape index (κ2) is 12.8. The van der Waals surface area contributed by atoms with Crippen LogP contribution in [0, 0.1) is 0 Å². The van der Waals surface area contributed by atoms with E-state index in [0.29, 0.717) is 6.04 Å². The zero-order valence-electron chi connectivity index (χ0n) is 14.1. The van der Waals surface area contributed by atoms with Crippen LogP contribution in [0.15, 0.2) is 24.5 Å². The van der Waals surface area contributed by atoms with E-state index >= 15 is 0 Å². The molecule has 1 aromatic heterocycles. The van der Waals surface area contributed by atoms with Crippen molar-refractivity contribution in [3.63, 3.8) is 0 Å². The second-order valence-corrected chi connectivity index (χ2v) is 6.09. The van der Waals surface area contributed by atoms with Gasteiger partial charge in [-0.05, 0) is 31.2 Å². The summed E-state index contributed by atoms with van der Waals surface area (Å²) in [5.74, 6) is 0. The molecule has 1 heterocycles. The number of rotatable bonds is 13. The highest BCUT2D eigenvalue weighted by atomic mass is 14.9. The van der Waals surface area contributed by atoms with Crippen LogP contribution < -0.4 is 5.32 Å². The van der Waals surface area contributed by atoms with Gasteiger partial charge < -0.3 is 5.32 Å². The Morgan fingerprint density at radius 3 is 1.90 bits per heavy atom. The lowest BCUT2D eigenvalue weighted by atomic mass is 10.0. The van der Waals surface area contributed by atoms with Gasteiger partial charge in [0, 0.05) is 18.4 Å². The molecule has 1 aromatic rings. The van der Waals surface area contributed by atoms with Crippen LogP contribution in [0.25, 0.3) is 0 Å². The van der Waals surface area contributed by atoms with E-state index in [1.807, 2.05) is 12.4 Å². The first-order valence-corrected chi connectivity index (χ1v) is 8.95. The summed E-state index contributed by atoms with van der Waals surface area (Å²) in [7, 11) is 2.06. The van der Waals surface area contributed by atoms with Crippen LogP contribution in [-0.2, 0) is 0 Å². The lowest BCUT2D eigenvalue weighted by Crippen LogP contribution is -2.16. The maximum Gasteiger partial charge on any atom is 0.0318 e. The van der Waals surface area contributed by atoms with Crippen LogP contribution >= 0.6 is 0 Å². The van der Waals surface area contributed by atoms with Gasteiger partial charge in [-0.3, -0.25) is 4.98 Å². The fraction of sp³-hybridized carbons (Fsp3) is 0.737. The van der Waals surface area contributed by atoms with Crippen LogP contribution in [-0.4, -0.2) is 12.0 Å². The molecule has 1 unspecified atom stereocenters. The highest BCUT2D eigenvalue weighted by Crippen LogP contribution is 2.19. The Morgan fingerprint density at radius 2 is 1.38 bits per heavy atom. The summed E-state index contributed by atoms with van der Waals surface area (Å²) in [6.45, 7) is 2.28. The molecule has 0 fully saturated rings. The van der Waals surface area contributed by atoms with E-state index in [1.165, 1.54) is 76.2 Å². The first-order chi connectivity index (χ1) is 10.4. The minimum Gasteiger partial charge on any atom is -0.313 e. The number of pyridine rings is 1. The molecule has 0 bridgehead atoms. The second-order valence-electron chi connectivity index (χ2n) is 6.09. The van der Waals surface area contributed by atoms with Gasteiger partial charge in [0.15, 0.2) is 0 Å². The highest BCUT2D eigenvalue weighted by molar-refractivity contribution is 5.14. The Hall–Kier alpha value is -0.890. The lowest BCUT2D eigenvalue weighted by molar-refractivity contribution is 0.492. The molecule has 0 saturated heterocycles. The van der Waals surface area contributed by atoms with Crippen LogP contribution in [0.1, 0.15) is 89.2 Å². The van der Waals surface area contributed by atoms with Gasteiger partial charge >= 0.3 is 0 Å². The summed E-state index contributed by atoms with van der Waals surface area (Å²) in [5, 5.41) is 3.42. The summed E-state index contributed by atoms with van der Waals surface area (Å²) in [5.41, 5.74) is 1.36. The van der Waals surface area contributed by atoms with Crippen molar-refractivity contribution in [1.82, 2.24) is 10.3 Å². The molecule has 2 heteroatoms.